The largest absolute Gasteiger partial charge is 0.490 e. The molecule has 2 aliphatic rings. The van der Waals surface area contributed by atoms with Crippen molar-refractivity contribution in [3.05, 3.63) is 66.2 Å². The molecule has 4 rings (SSSR count). The van der Waals surface area contributed by atoms with Gasteiger partial charge in [-0.15, -0.1) is 0 Å². The maximum atomic E-state index is 13.1. The molecule has 6 heteroatoms. The first-order valence-electron chi connectivity index (χ1n) is 12.1. The fourth-order valence-electron chi connectivity index (χ4n) is 4.82. The Morgan fingerprint density at radius 3 is 2.33 bits per heavy atom. The lowest BCUT2D eigenvalue weighted by Crippen LogP contribution is -2.51. The Bertz CT molecular complexity index is 899. The highest BCUT2D eigenvalue weighted by Gasteiger charge is 2.35. The van der Waals surface area contributed by atoms with E-state index in [9.17, 15) is 9.59 Å². The van der Waals surface area contributed by atoms with Crippen molar-refractivity contribution < 1.29 is 14.3 Å². The summed E-state index contributed by atoms with van der Waals surface area (Å²) >= 11 is 0. The summed E-state index contributed by atoms with van der Waals surface area (Å²) in [4.78, 5) is 32.1. The lowest BCUT2D eigenvalue weighted by Gasteiger charge is -2.39. The first-order chi connectivity index (χ1) is 16.1. The van der Waals surface area contributed by atoms with Gasteiger partial charge >= 0.3 is 0 Å². The van der Waals surface area contributed by atoms with Crippen LogP contribution in [0.4, 0.5) is 0 Å². The van der Waals surface area contributed by atoms with Crippen LogP contribution >= 0.6 is 0 Å². The van der Waals surface area contributed by atoms with Crippen molar-refractivity contribution in [2.75, 3.05) is 39.8 Å². The number of nitrogens with zero attached hydrogens (tertiary/aromatic N) is 3. The molecule has 2 heterocycles. The molecule has 0 radical (unpaired) electrons. The predicted octanol–water partition coefficient (Wildman–Crippen LogP) is 3.43. The number of rotatable bonds is 8. The molecule has 2 atom stereocenters. The van der Waals surface area contributed by atoms with E-state index < -0.39 is 0 Å². The average molecular weight is 450 g/mol. The van der Waals surface area contributed by atoms with E-state index in [1.807, 2.05) is 72.6 Å². The van der Waals surface area contributed by atoms with Crippen LogP contribution in [-0.4, -0.2) is 72.4 Å². The number of amides is 2. The van der Waals surface area contributed by atoms with Gasteiger partial charge in [-0.3, -0.25) is 14.5 Å². The van der Waals surface area contributed by atoms with Gasteiger partial charge in [-0.1, -0.05) is 48.5 Å². The second kappa shape index (κ2) is 11.3. The van der Waals surface area contributed by atoms with E-state index in [0.717, 1.165) is 30.8 Å². The van der Waals surface area contributed by atoms with E-state index in [-0.39, 0.29) is 23.8 Å². The summed E-state index contributed by atoms with van der Waals surface area (Å²) in [6, 6.07) is 19.8. The summed E-state index contributed by atoms with van der Waals surface area (Å²) in [5.74, 6) is 1.03. The molecule has 2 aromatic carbocycles. The quantitative estimate of drug-likeness (QED) is 0.620. The Morgan fingerprint density at radius 2 is 1.64 bits per heavy atom. The molecular weight excluding hydrogens is 414 g/mol. The lowest BCUT2D eigenvalue weighted by atomic mass is 9.90. The van der Waals surface area contributed by atoms with Gasteiger partial charge in [-0.25, -0.2) is 0 Å². The Morgan fingerprint density at radius 1 is 0.970 bits per heavy atom. The molecule has 0 saturated carbocycles. The molecule has 0 N–H and O–H groups in total. The Labute approximate surface area is 197 Å². The maximum absolute atomic E-state index is 13.1. The smallest absolute Gasteiger partial charge is 0.236 e. The highest BCUT2D eigenvalue weighted by molar-refractivity contribution is 5.79. The molecule has 2 aliphatic heterocycles. The first kappa shape index (κ1) is 23.3. The van der Waals surface area contributed by atoms with Gasteiger partial charge < -0.3 is 14.5 Å². The summed E-state index contributed by atoms with van der Waals surface area (Å²) < 4.78 is 6.31. The van der Waals surface area contributed by atoms with Gasteiger partial charge in [0.1, 0.15) is 11.9 Å². The van der Waals surface area contributed by atoms with Crippen molar-refractivity contribution in [1.29, 1.82) is 0 Å². The topological polar surface area (TPSA) is 53.1 Å². The number of piperidine rings is 1. The zero-order valence-corrected chi connectivity index (χ0v) is 19.6. The second-order valence-electron chi connectivity index (χ2n) is 9.28. The number of benzene rings is 2. The zero-order chi connectivity index (χ0) is 23.0. The Kier molecular flexibility index (Phi) is 8.00. The number of carbonyl (C=O) groups is 2. The van der Waals surface area contributed by atoms with Gasteiger partial charge in [0, 0.05) is 45.4 Å². The summed E-state index contributed by atoms with van der Waals surface area (Å²) in [6.45, 7) is 4.31. The van der Waals surface area contributed by atoms with E-state index in [1.165, 1.54) is 12.8 Å². The number of likely N-dealkylation sites (tertiary alicyclic amines) is 2. The standard InChI is InChI=1S/C27H35N3O3/c1-28(19-22-10-4-2-5-11-22)26(31)18-23-20-30(27(32)21-29-15-8-9-16-29)17-14-25(23)33-24-12-6-3-7-13-24/h2-7,10-13,23,25H,8-9,14-21H2,1H3/t23-,25-/m0/s1. The van der Waals surface area contributed by atoms with Crippen molar-refractivity contribution in [3.63, 3.8) is 0 Å². The van der Waals surface area contributed by atoms with Crippen LogP contribution in [-0.2, 0) is 16.1 Å². The molecular formula is C27H35N3O3. The number of hydrogen-bond acceptors (Lipinski definition) is 4. The fourth-order valence-corrected chi connectivity index (χ4v) is 4.82. The molecule has 2 fully saturated rings. The van der Waals surface area contributed by atoms with Gasteiger partial charge in [0.2, 0.25) is 11.8 Å². The van der Waals surface area contributed by atoms with Crippen LogP contribution in [0.15, 0.2) is 60.7 Å². The third-order valence-corrected chi connectivity index (χ3v) is 6.73. The summed E-state index contributed by atoms with van der Waals surface area (Å²) in [7, 11) is 1.85. The van der Waals surface area contributed by atoms with E-state index in [2.05, 4.69) is 4.90 Å². The molecule has 0 aliphatic carbocycles. The molecule has 2 saturated heterocycles. The molecule has 33 heavy (non-hydrogen) atoms. The predicted molar refractivity (Wildman–Crippen MR) is 129 cm³/mol. The molecule has 6 nitrogen and oxygen atoms in total. The van der Waals surface area contributed by atoms with E-state index in [4.69, 9.17) is 4.74 Å². The van der Waals surface area contributed by atoms with E-state index in [0.29, 0.717) is 32.6 Å². The van der Waals surface area contributed by atoms with Crippen LogP contribution < -0.4 is 4.74 Å². The zero-order valence-electron chi connectivity index (χ0n) is 19.6. The molecule has 0 spiro atoms. The fraction of sp³-hybridized carbons (Fsp3) is 0.481. The lowest BCUT2D eigenvalue weighted by molar-refractivity contribution is -0.139. The Balaban J connectivity index is 1.41. The molecule has 2 aromatic rings. The molecule has 0 bridgehead atoms. The van der Waals surface area contributed by atoms with Gasteiger partial charge in [-0.05, 0) is 43.6 Å². The third kappa shape index (κ3) is 6.57. The van der Waals surface area contributed by atoms with Gasteiger partial charge in [0.15, 0.2) is 0 Å². The van der Waals surface area contributed by atoms with Gasteiger partial charge in [0.25, 0.3) is 0 Å². The normalized spacial score (nSPS) is 21.1. The minimum atomic E-state index is -0.0858. The molecule has 176 valence electrons. The highest BCUT2D eigenvalue weighted by Crippen LogP contribution is 2.27. The van der Waals surface area contributed by atoms with Crippen LogP contribution in [0.2, 0.25) is 0 Å². The monoisotopic (exact) mass is 449 g/mol. The first-order valence-corrected chi connectivity index (χ1v) is 12.1. The average Bonchev–Trinajstić information content (AvgIpc) is 3.34. The van der Waals surface area contributed by atoms with E-state index in [1.54, 1.807) is 4.90 Å². The minimum absolute atomic E-state index is 0.0350. The van der Waals surface area contributed by atoms with Crippen molar-refractivity contribution in [1.82, 2.24) is 14.7 Å². The molecule has 0 aromatic heterocycles. The van der Waals surface area contributed by atoms with Crippen molar-refractivity contribution in [2.45, 2.75) is 38.3 Å². The highest BCUT2D eigenvalue weighted by atomic mass is 16.5. The van der Waals surface area contributed by atoms with Gasteiger partial charge in [-0.2, -0.15) is 0 Å². The van der Waals surface area contributed by atoms with Crippen LogP contribution in [0.1, 0.15) is 31.2 Å². The van der Waals surface area contributed by atoms with Crippen LogP contribution in [0.25, 0.3) is 0 Å². The summed E-state index contributed by atoms with van der Waals surface area (Å²) in [6.07, 6.45) is 3.36. The number of ether oxygens (including phenoxy) is 1. The summed E-state index contributed by atoms with van der Waals surface area (Å²) in [5, 5.41) is 0. The van der Waals surface area contributed by atoms with Gasteiger partial charge in [0.05, 0.1) is 6.54 Å². The molecule has 2 amide bonds. The number of carbonyl (C=O) groups excluding carboxylic acids is 2. The van der Waals surface area contributed by atoms with Crippen molar-refractivity contribution >= 4 is 11.8 Å². The SMILES string of the molecule is CN(Cc1ccccc1)C(=O)C[C@H]1CN(C(=O)CN2CCCC2)CC[C@@H]1Oc1ccccc1. The van der Waals surface area contributed by atoms with Crippen molar-refractivity contribution in [2.24, 2.45) is 5.92 Å². The molecule has 0 unspecified atom stereocenters. The van der Waals surface area contributed by atoms with E-state index >= 15 is 0 Å². The third-order valence-electron chi connectivity index (χ3n) is 6.73. The summed E-state index contributed by atoms with van der Waals surface area (Å²) in [5.41, 5.74) is 1.11. The number of hydrogen-bond donors (Lipinski definition) is 0. The second-order valence-corrected chi connectivity index (χ2v) is 9.28. The minimum Gasteiger partial charge on any atom is -0.490 e. The van der Waals surface area contributed by atoms with Crippen LogP contribution in [0, 0.1) is 5.92 Å². The van der Waals surface area contributed by atoms with Crippen LogP contribution in [0.3, 0.4) is 0 Å². The van der Waals surface area contributed by atoms with Crippen LogP contribution in [0.5, 0.6) is 5.75 Å². The number of para-hydroxylation sites is 1. The van der Waals surface area contributed by atoms with Crippen molar-refractivity contribution in [3.8, 4) is 5.75 Å². The Hall–Kier alpha value is -2.86. The maximum Gasteiger partial charge on any atom is 0.236 e.